The van der Waals surface area contributed by atoms with Crippen molar-refractivity contribution in [1.82, 2.24) is 10.2 Å². The van der Waals surface area contributed by atoms with E-state index in [4.69, 9.17) is 4.74 Å². The molecule has 0 radical (unpaired) electrons. The van der Waals surface area contributed by atoms with Crippen LogP contribution in [0.25, 0.3) is 22.2 Å². The van der Waals surface area contributed by atoms with Gasteiger partial charge < -0.3 is 9.64 Å². The van der Waals surface area contributed by atoms with Crippen molar-refractivity contribution in [2.45, 2.75) is 31.6 Å². The highest BCUT2D eigenvalue weighted by molar-refractivity contribution is 7.08. The Balaban J connectivity index is 1.25. The van der Waals surface area contributed by atoms with Gasteiger partial charge in [-0.1, -0.05) is 24.6 Å². The number of anilines is 1. The molecule has 3 heterocycles. The third-order valence-electron chi connectivity index (χ3n) is 7.39. The number of benzene rings is 2. The molecule has 5 nitrogen and oxygen atoms in total. The quantitative estimate of drug-likeness (QED) is 0.369. The third kappa shape index (κ3) is 4.17. The summed E-state index contributed by atoms with van der Waals surface area (Å²) in [6.07, 6.45) is 4.04. The second-order valence-electron chi connectivity index (χ2n) is 9.47. The fourth-order valence-corrected chi connectivity index (χ4v) is 6.00. The Kier molecular flexibility index (Phi) is 5.93. The van der Waals surface area contributed by atoms with Gasteiger partial charge in [0.05, 0.1) is 24.4 Å². The van der Waals surface area contributed by atoms with Crippen molar-refractivity contribution in [1.29, 1.82) is 0 Å². The highest BCUT2D eigenvalue weighted by Gasteiger charge is 2.33. The summed E-state index contributed by atoms with van der Waals surface area (Å²) in [5, 5.41) is 13.1. The average molecular weight is 472 g/mol. The first-order valence-electron chi connectivity index (χ1n) is 12.2. The van der Waals surface area contributed by atoms with Gasteiger partial charge in [0.1, 0.15) is 5.78 Å². The van der Waals surface area contributed by atoms with E-state index in [-0.39, 0.29) is 5.92 Å². The number of aromatic nitrogens is 2. The van der Waals surface area contributed by atoms with Crippen LogP contribution in [0.1, 0.15) is 36.3 Å². The molecule has 4 aromatic rings. The van der Waals surface area contributed by atoms with Gasteiger partial charge in [0.2, 0.25) is 0 Å². The van der Waals surface area contributed by atoms with Gasteiger partial charge in [-0.2, -0.15) is 16.4 Å². The van der Waals surface area contributed by atoms with Gasteiger partial charge in [-0.15, -0.1) is 0 Å². The Morgan fingerprint density at radius 3 is 2.65 bits per heavy atom. The number of rotatable bonds is 7. The largest absolute Gasteiger partial charge is 0.378 e. The molecule has 0 bridgehead atoms. The maximum Gasteiger partial charge on any atom is 0.145 e. The standard InChI is InChI=1S/C28H29N3O2S/c32-26(27(20-2-1-3-20)22-10-15-34-18-22)17-19-4-9-25-24(16-19)28(30-29-25)21-5-7-23(8-6-21)31-11-13-33-14-12-31/h4-10,15-16,18,20,27H,1-3,11-14,17H2,(H,29,30). The molecule has 2 fully saturated rings. The Morgan fingerprint density at radius 2 is 1.94 bits per heavy atom. The average Bonchev–Trinajstić information content (AvgIpc) is 3.52. The summed E-state index contributed by atoms with van der Waals surface area (Å²) in [6, 6.07) is 17.0. The summed E-state index contributed by atoms with van der Waals surface area (Å²) in [5.41, 5.74) is 6.49. The summed E-state index contributed by atoms with van der Waals surface area (Å²) in [6.45, 7) is 3.41. The van der Waals surface area contributed by atoms with Crippen LogP contribution < -0.4 is 4.90 Å². The molecule has 0 amide bonds. The molecule has 2 aliphatic rings. The molecule has 2 aromatic heterocycles. The van der Waals surface area contributed by atoms with E-state index in [1.807, 2.05) is 0 Å². The molecule has 1 aliphatic heterocycles. The Hall–Kier alpha value is -2.96. The molecular weight excluding hydrogens is 442 g/mol. The molecule has 1 saturated heterocycles. The lowest BCUT2D eigenvalue weighted by Gasteiger charge is -2.32. The van der Waals surface area contributed by atoms with Crippen molar-refractivity contribution in [3.63, 3.8) is 0 Å². The number of ether oxygens (including phenoxy) is 1. The van der Waals surface area contributed by atoms with Crippen molar-refractivity contribution < 1.29 is 9.53 Å². The molecule has 1 N–H and O–H groups in total. The number of morpholine rings is 1. The lowest BCUT2D eigenvalue weighted by atomic mass is 9.71. The summed E-state index contributed by atoms with van der Waals surface area (Å²) in [5.74, 6) is 0.870. The molecule has 1 saturated carbocycles. The number of thiophene rings is 1. The Morgan fingerprint density at radius 1 is 1.12 bits per heavy atom. The van der Waals surface area contributed by atoms with Crippen molar-refractivity contribution in [2.75, 3.05) is 31.2 Å². The van der Waals surface area contributed by atoms with E-state index in [2.05, 4.69) is 74.4 Å². The van der Waals surface area contributed by atoms with Crippen molar-refractivity contribution in [2.24, 2.45) is 5.92 Å². The number of aromatic amines is 1. The van der Waals surface area contributed by atoms with Gasteiger partial charge in [0.15, 0.2) is 0 Å². The van der Waals surface area contributed by atoms with E-state index in [1.54, 1.807) is 11.3 Å². The van der Waals surface area contributed by atoms with Crippen LogP contribution in [0.15, 0.2) is 59.3 Å². The fourth-order valence-electron chi connectivity index (χ4n) is 5.30. The number of hydrogen-bond donors (Lipinski definition) is 1. The van der Waals surface area contributed by atoms with Gasteiger partial charge in [-0.3, -0.25) is 9.89 Å². The normalized spacial score (nSPS) is 17.6. The Bertz CT molecular complexity index is 1270. The van der Waals surface area contributed by atoms with E-state index >= 15 is 0 Å². The first-order valence-corrected chi connectivity index (χ1v) is 13.2. The number of carbonyl (C=O) groups is 1. The number of H-pyrrole nitrogens is 1. The van der Waals surface area contributed by atoms with Gasteiger partial charge in [0, 0.05) is 42.1 Å². The third-order valence-corrected chi connectivity index (χ3v) is 8.09. The van der Waals surface area contributed by atoms with E-state index in [0.717, 1.165) is 66.9 Å². The molecule has 34 heavy (non-hydrogen) atoms. The van der Waals surface area contributed by atoms with Crippen LogP contribution in [0.3, 0.4) is 0 Å². The first kappa shape index (κ1) is 21.6. The predicted molar refractivity (Wildman–Crippen MR) is 138 cm³/mol. The van der Waals surface area contributed by atoms with E-state index in [1.165, 1.54) is 17.7 Å². The smallest absolute Gasteiger partial charge is 0.145 e. The van der Waals surface area contributed by atoms with Crippen LogP contribution in [-0.2, 0) is 16.0 Å². The highest BCUT2D eigenvalue weighted by Crippen LogP contribution is 2.41. The van der Waals surface area contributed by atoms with Crippen LogP contribution in [-0.4, -0.2) is 42.3 Å². The van der Waals surface area contributed by atoms with Crippen molar-refractivity contribution >= 4 is 33.7 Å². The minimum atomic E-state index is 0.0345. The summed E-state index contributed by atoms with van der Waals surface area (Å²) >= 11 is 1.68. The second-order valence-corrected chi connectivity index (χ2v) is 10.2. The second kappa shape index (κ2) is 9.35. The number of Topliss-reactive ketones (excluding diaryl/α,β-unsaturated/α-hetero) is 1. The fraction of sp³-hybridized carbons (Fsp3) is 0.357. The summed E-state index contributed by atoms with van der Waals surface area (Å²) in [4.78, 5) is 15.8. The molecule has 1 aliphatic carbocycles. The SMILES string of the molecule is O=C(Cc1ccc2[nH]nc(-c3ccc(N4CCOCC4)cc3)c2c1)C(c1ccsc1)C1CCC1. The number of nitrogens with one attached hydrogen (secondary N) is 1. The van der Waals surface area contributed by atoms with Gasteiger partial charge in [0.25, 0.3) is 0 Å². The molecule has 2 aromatic carbocycles. The van der Waals surface area contributed by atoms with Crippen molar-refractivity contribution in [3.8, 4) is 11.3 Å². The number of hydrogen-bond acceptors (Lipinski definition) is 5. The van der Waals surface area contributed by atoms with Crippen LogP contribution in [0.5, 0.6) is 0 Å². The maximum absolute atomic E-state index is 13.4. The van der Waals surface area contributed by atoms with Crippen LogP contribution in [0.4, 0.5) is 5.69 Å². The van der Waals surface area contributed by atoms with Crippen LogP contribution in [0.2, 0.25) is 0 Å². The number of fused-ring (bicyclic) bond motifs is 1. The van der Waals surface area contributed by atoms with Crippen LogP contribution in [0, 0.1) is 5.92 Å². The molecule has 1 unspecified atom stereocenters. The number of carbonyl (C=O) groups excluding carboxylic acids is 1. The van der Waals surface area contributed by atoms with E-state index in [0.29, 0.717) is 18.1 Å². The van der Waals surface area contributed by atoms with Crippen LogP contribution >= 0.6 is 11.3 Å². The van der Waals surface area contributed by atoms with Gasteiger partial charge in [-0.05, 0) is 71.0 Å². The van der Waals surface area contributed by atoms with Gasteiger partial charge in [-0.25, -0.2) is 0 Å². The Labute approximate surface area is 203 Å². The number of ketones is 1. The zero-order valence-electron chi connectivity index (χ0n) is 19.2. The lowest BCUT2D eigenvalue weighted by molar-refractivity contribution is -0.121. The lowest BCUT2D eigenvalue weighted by Crippen LogP contribution is -2.36. The predicted octanol–water partition coefficient (Wildman–Crippen LogP) is 5.82. The summed E-state index contributed by atoms with van der Waals surface area (Å²) < 4.78 is 5.47. The highest BCUT2D eigenvalue weighted by atomic mass is 32.1. The first-order chi connectivity index (χ1) is 16.8. The van der Waals surface area contributed by atoms with Crippen molar-refractivity contribution in [3.05, 3.63) is 70.4 Å². The number of nitrogens with zero attached hydrogens (tertiary/aromatic N) is 2. The zero-order valence-corrected chi connectivity index (χ0v) is 20.0. The molecular formula is C28H29N3O2S. The minimum absolute atomic E-state index is 0.0345. The van der Waals surface area contributed by atoms with E-state index < -0.39 is 0 Å². The minimum Gasteiger partial charge on any atom is -0.378 e. The molecule has 6 rings (SSSR count). The summed E-state index contributed by atoms with van der Waals surface area (Å²) in [7, 11) is 0. The zero-order chi connectivity index (χ0) is 22.9. The van der Waals surface area contributed by atoms with Gasteiger partial charge >= 0.3 is 0 Å². The maximum atomic E-state index is 13.4. The van der Waals surface area contributed by atoms with E-state index in [9.17, 15) is 4.79 Å². The topological polar surface area (TPSA) is 58.2 Å². The molecule has 174 valence electrons. The molecule has 1 atom stereocenters. The molecule has 0 spiro atoms. The molecule has 6 heteroatoms. The monoisotopic (exact) mass is 471 g/mol.